The second-order valence-electron chi connectivity index (χ2n) is 13.8. The first-order valence-corrected chi connectivity index (χ1v) is 17.2. The van der Waals surface area contributed by atoms with Crippen molar-refractivity contribution in [3.8, 4) is 0 Å². The molecule has 0 amide bonds. The quantitative estimate of drug-likeness (QED) is 0.267. The van der Waals surface area contributed by atoms with E-state index in [1.807, 2.05) is 0 Å². The Balaban J connectivity index is 1.29. The number of likely N-dealkylation sites (tertiary alicyclic amines) is 1. The maximum Gasteiger partial charge on any atom is 0.0218 e. The van der Waals surface area contributed by atoms with Gasteiger partial charge in [0.1, 0.15) is 0 Å². The molecule has 0 aromatic carbocycles. The Hall–Kier alpha value is -0.160. The molecule has 1 saturated heterocycles. The van der Waals surface area contributed by atoms with Gasteiger partial charge in [0.15, 0.2) is 0 Å². The van der Waals surface area contributed by atoms with Gasteiger partial charge in [-0.2, -0.15) is 0 Å². The summed E-state index contributed by atoms with van der Waals surface area (Å²) in [5.74, 6) is 3.97. The Morgan fingerprint density at radius 3 is 2.59 bits per heavy atom. The zero-order valence-electron chi connectivity index (χ0n) is 24.6. The standard InChI is InChI=1S/C32H56ClN3S/c1-23(2)31(21-36-18-17-29(32(3,4)22-36)25-13-15-27(33)16-14-25)34-20-24-9-8-10-26(19-24)28-11-6-7-12-30(28)35-37-5/h15,23-26,29,31,34-35H,6-14,16-22H2,1-5H3/t24?,25?,26?,29-,31+/m1/s1. The fraction of sp³-hybridized carbons (Fsp3) is 0.875. The first kappa shape index (κ1) is 29.8. The molecule has 4 aliphatic rings. The van der Waals surface area contributed by atoms with Crippen LogP contribution in [0, 0.1) is 35.0 Å². The third-order valence-corrected chi connectivity index (χ3v) is 11.1. The van der Waals surface area contributed by atoms with E-state index in [2.05, 4.69) is 55.0 Å². The smallest absolute Gasteiger partial charge is 0.0218 e. The highest BCUT2D eigenvalue weighted by molar-refractivity contribution is 7.96. The van der Waals surface area contributed by atoms with Gasteiger partial charge in [-0.3, -0.25) is 0 Å². The van der Waals surface area contributed by atoms with Crippen molar-refractivity contribution >= 4 is 23.5 Å². The maximum atomic E-state index is 6.29. The first-order chi connectivity index (χ1) is 17.8. The summed E-state index contributed by atoms with van der Waals surface area (Å²) in [5, 5.41) is 5.19. The Labute approximate surface area is 238 Å². The fourth-order valence-electron chi connectivity index (χ4n) is 8.22. The molecule has 0 aromatic rings. The molecule has 0 radical (unpaired) electrons. The van der Waals surface area contributed by atoms with E-state index in [1.165, 1.54) is 96.8 Å². The number of halogens is 1. The summed E-state index contributed by atoms with van der Waals surface area (Å²) in [6, 6.07) is 0.590. The minimum absolute atomic E-state index is 0.384. The van der Waals surface area contributed by atoms with Crippen LogP contribution in [0.4, 0.5) is 0 Å². The van der Waals surface area contributed by atoms with Crippen molar-refractivity contribution in [2.24, 2.45) is 35.0 Å². The zero-order chi connectivity index (χ0) is 26.4. The van der Waals surface area contributed by atoms with Crippen LogP contribution in [0.1, 0.15) is 105 Å². The SMILES string of the molecule is CSNC1=C(C2CCCC(CN[C@@H](CN3CC[C@H](C4CC=C(Cl)CC4)C(C)(C)C3)C(C)C)C2)CCCC1. The molecule has 212 valence electrons. The van der Waals surface area contributed by atoms with Crippen molar-refractivity contribution in [2.45, 2.75) is 111 Å². The van der Waals surface area contributed by atoms with Crippen LogP contribution in [-0.2, 0) is 0 Å². The predicted molar refractivity (Wildman–Crippen MR) is 164 cm³/mol. The van der Waals surface area contributed by atoms with Gasteiger partial charge in [-0.05, 0) is 124 Å². The number of hydrogen-bond acceptors (Lipinski definition) is 4. The van der Waals surface area contributed by atoms with Crippen LogP contribution in [0.3, 0.4) is 0 Å². The minimum atomic E-state index is 0.384. The second kappa shape index (κ2) is 14.0. The highest BCUT2D eigenvalue weighted by Crippen LogP contribution is 2.45. The Morgan fingerprint density at radius 2 is 1.89 bits per heavy atom. The van der Waals surface area contributed by atoms with E-state index in [9.17, 15) is 0 Å². The molecule has 1 aliphatic heterocycles. The molecule has 0 bridgehead atoms. The monoisotopic (exact) mass is 549 g/mol. The third kappa shape index (κ3) is 8.18. The summed E-state index contributed by atoms with van der Waals surface area (Å²) in [5.41, 5.74) is 3.75. The summed E-state index contributed by atoms with van der Waals surface area (Å²) in [6.45, 7) is 14.8. The predicted octanol–water partition coefficient (Wildman–Crippen LogP) is 8.37. The van der Waals surface area contributed by atoms with Gasteiger partial charge in [0.2, 0.25) is 0 Å². The molecular weight excluding hydrogens is 494 g/mol. The molecule has 4 rings (SSSR count). The maximum absolute atomic E-state index is 6.29. The lowest BCUT2D eigenvalue weighted by Crippen LogP contribution is -2.53. The van der Waals surface area contributed by atoms with Gasteiger partial charge in [0.25, 0.3) is 0 Å². The number of nitrogens with zero attached hydrogens (tertiary/aromatic N) is 1. The molecule has 2 fully saturated rings. The van der Waals surface area contributed by atoms with Gasteiger partial charge in [0.05, 0.1) is 0 Å². The molecule has 5 atom stereocenters. The number of allylic oxidation sites excluding steroid dienone is 4. The van der Waals surface area contributed by atoms with Crippen molar-refractivity contribution in [2.75, 3.05) is 32.4 Å². The number of nitrogens with one attached hydrogen (secondary N) is 2. The van der Waals surface area contributed by atoms with E-state index >= 15 is 0 Å². The van der Waals surface area contributed by atoms with Crippen molar-refractivity contribution in [1.29, 1.82) is 0 Å². The van der Waals surface area contributed by atoms with E-state index < -0.39 is 0 Å². The lowest BCUT2D eigenvalue weighted by atomic mass is 9.65. The minimum Gasteiger partial charge on any atom is -0.334 e. The van der Waals surface area contributed by atoms with Gasteiger partial charge in [-0.25, -0.2) is 0 Å². The van der Waals surface area contributed by atoms with Gasteiger partial charge in [-0.1, -0.05) is 63.7 Å². The van der Waals surface area contributed by atoms with Crippen LogP contribution in [0.2, 0.25) is 0 Å². The average molecular weight is 550 g/mol. The van der Waals surface area contributed by atoms with E-state index in [-0.39, 0.29) is 0 Å². The van der Waals surface area contributed by atoms with Crippen LogP contribution in [-0.4, -0.2) is 43.4 Å². The molecule has 1 saturated carbocycles. The fourth-order valence-corrected chi connectivity index (χ4v) is 8.90. The number of hydrogen-bond donors (Lipinski definition) is 2. The molecule has 37 heavy (non-hydrogen) atoms. The van der Waals surface area contributed by atoms with E-state index in [0.717, 1.165) is 35.1 Å². The summed E-state index contributed by atoms with van der Waals surface area (Å²) >= 11 is 8.08. The van der Waals surface area contributed by atoms with Gasteiger partial charge >= 0.3 is 0 Å². The Morgan fingerprint density at radius 1 is 1.08 bits per heavy atom. The second-order valence-corrected chi connectivity index (χ2v) is 14.9. The lowest BCUT2D eigenvalue weighted by molar-refractivity contribution is 0.0115. The summed E-state index contributed by atoms with van der Waals surface area (Å²) in [6.07, 6.45) is 20.4. The average Bonchev–Trinajstić information content (AvgIpc) is 2.87. The highest BCUT2D eigenvalue weighted by Gasteiger charge is 2.41. The number of rotatable bonds is 10. The Kier molecular flexibility index (Phi) is 11.2. The zero-order valence-corrected chi connectivity index (χ0v) is 26.2. The molecule has 3 nitrogen and oxygen atoms in total. The molecule has 0 spiro atoms. The highest BCUT2D eigenvalue weighted by atomic mass is 35.5. The van der Waals surface area contributed by atoms with Crippen molar-refractivity contribution < 1.29 is 0 Å². The first-order valence-electron chi connectivity index (χ1n) is 15.6. The van der Waals surface area contributed by atoms with Crippen LogP contribution >= 0.6 is 23.5 Å². The van der Waals surface area contributed by atoms with E-state index in [0.29, 0.717) is 17.4 Å². The van der Waals surface area contributed by atoms with E-state index in [1.54, 1.807) is 23.2 Å². The normalized spacial score (nSPS) is 32.4. The molecule has 0 aromatic heterocycles. The third-order valence-electron chi connectivity index (χ3n) is 10.3. The van der Waals surface area contributed by atoms with Crippen molar-refractivity contribution in [3.63, 3.8) is 0 Å². The molecule has 2 N–H and O–H groups in total. The van der Waals surface area contributed by atoms with Gasteiger partial charge in [0, 0.05) is 36.1 Å². The molecule has 1 heterocycles. The lowest BCUT2D eigenvalue weighted by Gasteiger charge is -2.49. The van der Waals surface area contributed by atoms with Crippen LogP contribution in [0.5, 0.6) is 0 Å². The molecule has 3 unspecified atom stereocenters. The van der Waals surface area contributed by atoms with Crippen LogP contribution in [0.15, 0.2) is 22.4 Å². The van der Waals surface area contributed by atoms with Crippen molar-refractivity contribution in [3.05, 3.63) is 22.4 Å². The molecular formula is C32H56ClN3S. The summed E-state index contributed by atoms with van der Waals surface area (Å²) in [7, 11) is 0. The molecule has 3 aliphatic carbocycles. The summed E-state index contributed by atoms with van der Waals surface area (Å²) < 4.78 is 3.66. The van der Waals surface area contributed by atoms with Crippen LogP contribution < -0.4 is 10.0 Å². The summed E-state index contributed by atoms with van der Waals surface area (Å²) in [4.78, 5) is 2.79. The van der Waals surface area contributed by atoms with E-state index in [4.69, 9.17) is 11.6 Å². The van der Waals surface area contributed by atoms with Crippen molar-refractivity contribution in [1.82, 2.24) is 14.9 Å². The largest absolute Gasteiger partial charge is 0.334 e. The number of piperidine rings is 1. The van der Waals surface area contributed by atoms with Gasteiger partial charge < -0.3 is 14.9 Å². The Bertz CT molecular complexity index is 791. The molecule has 5 heteroatoms. The van der Waals surface area contributed by atoms with Crippen LogP contribution in [0.25, 0.3) is 0 Å². The topological polar surface area (TPSA) is 27.3 Å². The van der Waals surface area contributed by atoms with Gasteiger partial charge in [-0.15, -0.1) is 0 Å².